The van der Waals surface area contributed by atoms with E-state index in [4.69, 9.17) is 12.2 Å². The minimum absolute atomic E-state index is 0.659. The highest BCUT2D eigenvalue weighted by Crippen LogP contribution is 2.22. The van der Waals surface area contributed by atoms with Gasteiger partial charge in [-0.25, -0.2) is 0 Å². The summed E-state index contributed by atoms with van der Waals surface area (Å²) in [4.78, 5) is 4.86. The molecule has 0 aliphatic carbocycles. The maximum atomic E-state index is 5.66. The molecule has 4 heteroatoms. The van der Waals surface area contributed by atoms with Gasteiger partial charge in [0.1, 0.15) is 0 Å². The van der Waals surface area contributed by atoms with Gasteiger partial charge in [0.2, 0.25) is 0 Å². The van der Waals surface area contributed by atoms with Gasteiger partial charge in [-0.15, -0.1) is 0 Å². The molecule has 1 aliphatic rings. The molecule has 23 heavy (non-hydrogen) atoms. The van der Waals surface area contributed by atoms with Gasteiger partial charge in [-0.05, 0) is 70.4 Å². The van der Waals surface area contributed by atoms with Gasteiger partial charge in [0, 0.05) is 30.9 Å². The number of rotatable bonds is 4. The maximum Gasteiger partial charge on any atom is 0.173 e. The molecular formula is C19H31N3S. The SMILES string of the molecule is CC[C@@H](C)N(C)C1CCN(C(=S)Nc2c(C)cccc2C)CC1. The van der Waals surface area contributed by atoms with E-state index in [0.717, 1.165) is 23.9 Å². The zero-order valence-electron chi connectivity index (χ0n) is 15.2. The minimum atomic E-state index is 0.659. The van der Waals surface area contributed by atoms with Crippen molar-refractivity contribution in [2.24, 2.45) is 0 Å². The van der Waals surface area contributed by atoms with Gasteiger partial charge in [0.15, 0.2) is 5.11 Å². The molecular weight excluding hydrogens is 302 g/mol. The fraction of sp³-hybridized carbons (Fsp3) is 0.632. The zero-order chi connectivity index (χ0) is 17.0. The average molecular weight is 334 g/mol. The van der Waals surface area contributed by atoms with Crippen molar-refractivity contribution in [1.82, 2.24) is 9.80 Å². The number of anilines is 1. The molecule has 0 bridgehead atoms. The molecule has 1 aliphatic heterocycles. The van der Waals surface area contributed by atoms with Crippen LogP contribution in [0.15, 0.2) is 18.2 Å². The van der Waals surface area contributed by atoms with Crippen molar-refractivity contribution >= 4 is 23.0 Å². The monoisotopic (exact) mass is 333 g/mol. The van der Waals surface area contributed by atoms with Crippen molar-refractivity contribution in [2.45, 2.75) is 59.0 Å². The van der Waals surface area contributed by atoms with Crippen molar-refractivity contribution < 1.29 is 0 Å². The van der Waals surface area contributed by atoms with Crippen LogP contribution < -0.4 is 5.32 Å². The minimum Gasteiger partial charge on any atom is -0.349 e. The van der Waals surface area contributed by atoms with E-state index in [1.165, 1.54) is 30.4 Å². The van der Waals surface area contributed by atoms with Crippen molar-refractivity contribution in [3.63, 3.8) is 0 Å². The Morgan fingerprint density at radius 3 is 2.39 bits per heavy atom. The van der Waals surface area contributed by atoms with Crippen LogP contribution in [0.1, 0.15) is 44.2 Å². The highest BCUT2D eigenvalue weighted by molar-refractivity contribution is 7.80. The lowest BCUT2D eigenvalue weighted by Gasteiger charge is -2.40. The van der Waals surface area contributed by atoms with Crippen molar-refractivity contribution in [2.75, 3.05) is 25.5 Å². The molecule has 1 fully saturated rings. The molecule has 1 aromatic rings. The van der Waals surface area contributed by atoms with E-state index in [-0.39, 0.29) is 0 Å². The van der Waals surface area contributed by atoms with Gasteiger partial charge in [0.05, 0.1) is 0 Å². The summed E-state index contributed by atoms with van der Waals surface area (Å²) in [6, 6.07) is 7.70. The second-order valence-electron chi connectivity index (χ2n) is 6.84. The molecule has 0 spiro atoms. The van der Waals surface area contributed by atoms with E-state index in [1.54, 1.807) is 0 Å². The lowest BCUT2D eigenvalue weighted by atomic mass is 10.0. The number of benzene rings is 1. The molecule has 3 nitrogen and oxygen atoms in total. The van der Waals surface area contributed by atoms with Gasteiger partial charge in [-0.1, -0.05) is 25.1 Å². The van der Waals surface area contributed by atoms with Crippen molar-refractivity contribution in [3.8, 4) is 0 Å². The van der Waals surface area contributed by atoms with Crippen LogP contribution in [0.4, 0.5) is 5.69 Å². The van der Waals surface area contributed by atoms with Crippen LogP contribution in [0.5, 0.6) is 0 Å². The van der Waals surface area contributed by atoms with E-state index in [9.17, 15) is 0 Å². The standard InChI is InChI=1S/C19H31N3S/c1-6-16(4)21(5)17-10-12-22(13-11-17)19(23)20-18-14(2)8-7-9-15(18)3/h7-9,16-17H,6,10-13H2,1-5H3,(H,20,23)/t16-/m1/s1. The summed E-state index contributed by atoms with van der Waals surface area (Å²) in [6.07, 6.45) is 3.59. The Morgan fingerprint density at radius 1 is 1.30 bits per heavy atom. The number of nitrogens with one attached hydrogen (secondary N) is 1. The average Bonchev–Trinajstić information content (AvgIpc) is 2.57. The highest BCUT2D eigenvalue weighted by atomic mass is 32.1. The summed E-state index contributed by atoms with van der Waals surface area (Å²) in [5.41, 5.74) is 3.66. The number of piperidine rings is 1. The number of para-hydroxylation sites is 1. The van der Waals surface area contributed by atoms with Crippen molar-refractivity contribution in [1.29, 1.82) is 0 Å². The van der Waals surface area contributed by atoms with E-state index in [2.05, 4.69) is 68.1 Å². The third kappa shape index (κ3) is 4.45. The number of aryl methyl sites for hydroxylation is 2. The molecule has 1 aromatic carbocycles. The van der Waals surface area contributed by atoms with Crippen LogP contribution in [0, 0.1) is 13.8 Å². The van der Waals surface area contributed by atoms with Crippen LogP contribution in [-0.4, -0.2) is 47.1 Å². The Morgan fingerprint density at radius 2 is 1.87 bits per heavy atom. The van der Waals surface area contributed by atoms with E-state index in [0.29, 0.717) is 12.1 Å². The van der Waals surface area contributed by atoms with Crippen LogP contribution in [-0.2, 0) is 0 Å². The molecule has 1 heterocycles. The first kappa shape index (κ1) is 18.2. The predicted molar refractivity (Wildman–Crippen MR) is 104 cm³/mol. The normalized spacial score (nSPS) is 17.4. The lowest BCUT2D eigenvalue weighted by molar-refractivity contribution is 0.126. The first-order valence-electron chi connectivity index (χ1n) is 8.78. The molecule has 128 valence electrons. The second kappa shape index (κ2) is 8.11. The molecule has 0 saturated carbocycles. The maximum absolute atomic E-state index is 5.66. The molecule has 0 amide bonds. The summed E-state index contributed by atoms with van der Waals surface area (Å²) >= 11 is 5.66. The van der Waals surface area contributed by atoms with Crippen LogP contribution >= 0.6 is 12.2 Å². The molecule has 0 unspecified atom stereocenters. The number of likely N-dealkylation sites (tertiary alicyclic amines) is 1. The smallest absolute Gasteiger partial charge is 0.173 e. The summed E-state index contributed by atoms with van der Waals surface area (Å²) < 4.78 is 0. The number of nitrogens with zero attached hydrogens (tertiary/aromatic N) is 2. The Labute approximate surface area is 147 Å². The third-order valence-corrected chi connectivity index (χ3v) is 5.69. The van der Waals surface area contributed by atoms with Crippen LogP contribution in [0.2, 0.25) is 0 Å². The van der Waals surface area contributed by atoms with E-state index < -0.39 is 0 Å². The summed E-state index contributed by atoms with van der Waals surface area (Å²) in [5, 5.41) is 4.34. The van der Waals surface area contributed by atoms with Crippen molar-refractivity contribution in [3.05, 3.63) is 29.3 Å². The van der Waals surface area contributed by atoms with Crippen LogP contribution in [0.25, 0.3) is 0 Å². The van der Waals surface area contributed by atoms with Gasteiger partial charge < -0.3 is 15.1 Å². The van der Waals surface area contributed by atoms with Gasteiger partial charge >= 0.3 is 0 Å². The van der Waals surface area contributed by atoms with Gasteiger partial charge in [-0.3, -0.25) is 0 Å². The summed E-state index contributed by atoms with van der Waals surface area (Å²) in [5.74, 6) is 0. The molecule has 0 radical (unpaired) electrons. The van der Waals surface area contributed by atoms with Gasteiger partial charge in [0.25, 0.3) is 0 Å². The molecule has 0 aromatic heterocycles. The Hall–Kier alpha value is -1.13. The number of thiocarbonyl (C=S) groups is 1. The highest BCUT2D eigenvalue weighted by Gasteiger charge is 2.25. The first-order valence-corrected chi connectivity index (χ1v) is 9.19. The van der Waals surface area contributed by atoms with Gasteiger partial charge in [-0.2, -0.15) is 0 Å². The molecule has 2 rings (SSSR count). The van der Waals surface area contributed by atoms with E-state index >= 15 is 0 Å². The quantitative estimate of drug-likeness (QED) is 0.832. The fourth-order valence-corrected chi connectivity index (χ4v) is 3.61. The molecule has 1 saturated heterocycles. The second-order valence-corrected chi connectivity index (χ2v) is 7.22. The Bertz CT molecular complexity index is 515. The zero-order valence-corrected chi connectivity index (χ0v) is 16.0. The predicted octanol–water partition coefficient (Wildman–Crippen LogP) is 4.19. The van der Waals surface area contributed by atoms with Crippen LogP contribution in [0.3, 0.4) is 0 Å². The summed E-state index contributed by atoms with van der Waals surface area (Å²) in [6.45, 7) is 10.9. The largest absolute Gasteiger partial charge is 0.349 e. The summed E-state index contributed by atoms with van der Waals surface area (Å²) in [7, 11) is 2.27. The molecule has 1 atom stereocenters. The third-order valence-electron chi connectivity index (χ3n) is 5.33. The Balaban J connectivity index is 1.91. The number of hydrogen-bond donors (Lipinski definition) is 1. The fourth-order valence-electron chi connectivity index (χ4n) is 3.32. The first-order chi connectivity index (χ1) is 10.9. The topological polar surface area (TPSA) is 18.5 Å². The van der Waals surface area contributed by atoms with E-state index in [1.807, 2.05) is 0 Å². The number of hydrogen-bond acceptors (Lipinski definition) is 2. The lowest BCUT2D eigenvalue weighted by Crippen LogP contribution is -2.48. The Kier molecular flexibility index (Phi) is 6.42. The molecule has 1 N–H and O–H groups in total.